The predicted octanol–water partition coefficient (Wildman–Crippen LogP) is 3.81. The Morgan fingerprint density at radius 3 is 2.81 bits per heavy atom. The molecule has 0 saturated carbocycles. The first-order valence-electron chi connectivity index (χ1n) is 5.80. The second kappa shape index (κ2) is 6.74. The van der Waals surface area contributed by atoms with Gasteiger partial charge in [-0.25, -0.2) is 0 Å². The van der Waals surface area contributed by atoms with Crippen molar-refractivity contribution in [1.29, 1.82) is 0 Å². The maximum absolute atomic E-state index is 5.87. The molecule has 1 unspecified atom stereocenters. The van der Waals surface area contributed by atoms with E-state index >= 15 is 0 Å². The van der Waals surface area contributed by atoms with Gasteiger partial charge in [-0.2, -0.15) is 0 Å². The Morgan fingerprint density at radius 1 is 1.44 bits per heavy atom. The molecule has 0 spiro atoms. The van der Waals surface area contributed by atoms with Crippen LogP contribution in [0.3, 0.4) is 0 Å². The Bertz CT molecular complexity index is 308. The molecule has 0 aliphatic rings. The number of nitrogens with one attached hydrogen (secondary N) is 1. The molecule has 0 saturated heterocycles. The third-order valence-corrected chi connectivity index (χ3v) is 3.16. The van der Waals surface area contributed by atoms with Crippen molar-refractivity contribution >= 4 is 27.3 Å². The van der Waals surface area contributed by atoms with Gasteiger partial charge in [0, 0.05) is 12.2 Å². The van der Waals surface area contributed by atoms with E-state index in [0.717, 1.165) is 10.2 Å². The van der Waals surface area contributed by atoms with Crippen LogP contribution in [0.4, 0.5) is 11.4 Å². The van der Waals surface area contributed by atoms with Gasteiger partial charge < -0.3 is 11.1 Å². The first-order chi connectivity index (χ1) is 7.65. The number of halogens is 1. The highest BCUT2D eigenvalue weighted by Gasteiger charge is 2.08. The fourth-order valence-electron chi connectivity index (χ4n) is 1.62. The fraction of sp³-hybridized carbons (Fsp3) is 0.583. The molecule has 0 amide bonds. The molecule has 0 aliphatic carbocycles. The minimum Gasteiger partial charge on any atom is -0.396 e. The molecule has 3 N–H and O–H groups in total. The van der Waals surface area contributed by atoms with E-state index in [4.69, 9.17) is 5.73 Å². The summed E-state index contributed by atoms with van der Waals surface area (Å²) in [5.74, 6) is 0. The number of hydrogen-bond donors (Lipinski definition) is 2. The minimum absolute atomic E-state index is 0.438. The number of hydrogen-bond acceptors (Lipinski definition) is 3. The van der Waals surface area contributed by atoms with Gasteiger partial charge in [0.25, 0.3) is 0 Å². The molecule has 16 heavy (non-hydrogen) atoms. The van der Waals surface area contributed by atoms with Crippen LogP contribution in [0.1, 0.15) is 39.5 Å². The monoisotopic (exact) mass is 285 g/mol. The SMILES string of the molecule is CCCCCC(C)Nc1c(N)cncc1Br. The zero-order valence-corrected chi connectivity index (χ0v) is 11.5. The van der Waals surface area contributed by atoms with E-state index in [0.29, 0.717) is 11.7 Å². The third-order valence-electron chi connectivity index (χ3n) is 2.56. The Morgan fingerprint density at radius 2 is 2.19 bits per heavy atom. The van der Waals surface area contributed by atoms with Crippen LogP contribution in [-0.2, 0) is 0 Å². The number of anilines is 2. The van der Waals surface area contributed by atoms with E-state index in [2.05, 4.69) is 40.1 Å². The maximum atomic E-state index is 5.87. The third kappa shape index (κ3) is 4.00. The van der Waals surface area contributed by atoms with Crippen molar-refractivity contribution < 1.29 is 0 Å². The van der Waals surface area contributed by atoms with Crippen LogP contribution in [0.15, 0.2) is 16.9 Å². The smallest absolute Gasteiger partial charge is 0.0752 e. The van der Waals surface area contributed by atoms with Crippen LogP contribution >= 0.6 is 15.9 Å². The number of nitrogen functional groups attached to an aromatic ring is 1. The number of unbranched alkanes of at least 4 members (excludes halogenated alkanes) is 2. The van der Waals surface area contributed by atoms with Gasteiger partial charge in [-0.1, -0.05) is 26.2 Å². The number of nitrogens with two attached hydrogens (primary N) is 1. The molecule has 90 valence electrons. The van der Waals surface area contributed by atoms with Crippen molar-refractivity contribution in [2.24, 2.45) is 0 Å². The van der Waals surface area contributed by atoms with E-state index in [9.17, 15) is 0 Å². The second-order valence-electron chi connectivity index (χ2n) is 4.13. The first kappa shape index (κ1) is 13.3. The van der Waals surface area contributed by atoms with E-state index < -0.39 is 0 Å². The standard InChI is InChI=1S/C12H20BrN3/c1-3-4-5-6-9(2)16-12-10(13)7-15-8-11(12)14/h7-9H,3-6,14H2,1-2H3,(H,15,16). The van der Waals surface area contributed by atoms with Crippen LogP contribution in [0.5, 0.6) is 0 Å². The summed E-state index contributed by atoms with van der Waals surface area (Å²) in [7, 11) is 0. The van der Waals surface area contributed by atoms with Crippen molar-refractivity contribution in [2.75, 3.05) is 11.1 Å². The molecular weight excluding hydrogens is 266 g/mol. The van der Waals surface area contributed by atoms with Crippen LogP contribution in [0.2, 0.25) is 0 Å². The number of aromatic nitrogens is 1. The second-order valence-corrected chi connectivity index (χ2v) is 4.98. The van der Waals surface area contributed by atoms with Crippen LogP contribution in [0.25, 0.3) is 0 Å². The van der Waals surface area contributed by atoms with Gasteiger partial charge in [-0.05, 0) is 29.3 Å². The summed E-state index contributed by atoms with van der Waals surface area (Å²) < 4.78 is 0.926. The molecule has 0 aromatic carbocycles. The fourth-order valence-corrected chi connectivity index (χ4v) is 2.08. The number of pyridine rings is 1. The summed E-state index contributed by atoms with van der Waals surface area (Å²) in [5.41, 5.74) is 7.52. The van der Waals surface area contributed by atoms with Gasteiger partial charge >= 0.3 is 0 Å². The highest BCUT2D eigenvalue weighted by molar-refractivity contribution is 9.10. The van der Waals surface area contributed by atoms with Crippen molar-refractivity contribution in [2.45, 2.75) is 45.6 Å². The molecule has 0 aliphatic heterocycles. The van der Waals surface area contributed by atoms with Gasteiger partial charge in [-0.3, -0.25) is 4.98 Å². The van der Waals surface area contributed by atoms with Gasteiger partial charge in [-0.15, -0.1) is 0 Å². The average molecular weight is 286 g/mol. The zero-order chi connectivity index (χ0) is 12.0. The topological polar surface area (TPSA) is 50.9 Å². The largest absolute Gasteiger partial charge is 0.396 e. The molecule has 4 heteroatoms. The lowest BCUT2D eigenvalue weighted by Crippen LogP contribution is -2.16. The Hall–Kier alpha value is -0.770. The van der Waals surface area contributed by atoms with E-state index in [1.54, 1.807) is 12.4 Å². The lowest BCUT2D eigenvalue weighted by Gasteiger charge is -2.17. The summed E-state index contributed by atoms with van der Waals surface area (Å²) in [5, 5.41) is 3.43. The molecule has 1 aromatic rings. The Balaban J connectivity index is 2.52. The van der Waals surface area contributed by atoms with Crippen molar-refractivity contribution in [3.8, 4) is 0 Å². The van der Waals surface area contributed by atoms with E-state index in [-0.39, 0.29) is 0 Å². The van der Waals surface area contributed by atoms with Gasteiger partial charge in [0.15, 0.2) is 0 Å². The minimum atomic E-state index is 0.438. The highest BCUT2D eigenvalue weighted by atomic mass is 79.9. The summed E-state index contributed by atoms with van der Waals surface area (Å²) in [6.45, 7) is 4.40. The molecule has 0 fully saturated rings. The van der Waals surface area contributed by atoms with Crippen LogP contribution < -0.4 is 11.1 Å². The summed E-state index contributed by atoms with van der Waals surface area (Å²) in [6, 6.07) is 0.438. The molecule has 1 rings (SSSR count). The van der Waals surface area contributed by atoms with Crippen molar-refractivity contribution in [3.05, 3.63) is 16.9 Å². The van der Waals surface area contributed by atoms with Crippen molar-refractivity contribution in [3.63, 3.8) is 0 Å². The number of nitrogens with zero attached hydrogens (tertiary/aromatic N) is 1. The molecular formula is C12H20BrN3. The first-order valence-corrected chi connectivity index (χ1v) is 6.60. The van der Waals surface area contributed by atoms with Gasteiger partial charge in [0.05, 0.1) is 22.0 Å². The zero-order valence-electron chi connectivity index (χ0n) is 9.96. The lowest BCUT2D eigenvalue weighted by atomic mass is 10.1. The predicted molar refractivity (Wildman–Crippen MR) is 73.6 cm³/mol. The summed E-state index contributed by atoms with van der Waals surface area (Å²) in [6.07, 6.45) is 8.41. The van der Waals surface area contributed by atoms with E-state index in [1.807, 2.05) is 0 Å². The maximum Gasteiger partial charge on any atom is 0.0752 e. The Kier molecular flexibility index (Phi) is 5.60. The molecule has 0 bridgehead atoms. The normalized spacial score (nSPS) is 12.4. The molecule has 3 nitrogen and oxygen atoms in total. The average Bonchev–Trinajstić information content (AvgIpc) is 2.24. The van der Waals surface area contributed by atoms with Gasteiger partial charge in [0.1, 0.15) is 0 Å². The van der Waals surface area contributed by atoms with Gasteiger partial charge in [0.2, 0.25) is 0 Å². The van der Waals surface area contributed by atoms with E-state index in [1.165, 1.54) is 25.7 Å². The molecule has 1 aromatic heterocycles. The number of rotatable bonds is 6. The summed E-state index contributed by atoms with van der Waals surface area (Å²) in [4.78, 5) is 4.02. The summed E-state index contributed by atoms with van der Waals surface area (Å²) >= 11 is 3.45. The van der Waals surface area contributed by atoms with Crippen molar-refractivity contribution in [1.82, 2.24) is 4.98 Å². The molecule has 0 radical (unpaired) electrons. The van der Waals surface area contributed by atoms with Crippen LogP contribution in [0, 0.1) is 0 Å². The lowest BCUT2D eigenvalue weighted by molar-refractivity contribution is 0.615. The molecule has 1 heterocycles. The highest BCUT2D eigenvalue weighted by Crippen LogP contribution is 2.28. The Labute approximate surface area is 106 Å². The molecule has 1 atom stereocenters. The van der Waals surface area contributed by atoms with Crippen LogP contribution in [-0.4, -0.2) is 11.0 Å². The quantitative estimate of drug-likeness (QED) is 0.782.